The average Bonchev–Trinajstić information content (AvgIpc) is 2.82. The molecule has 0 unspecified atom stereocenters. The predicted octanol–water partition coefficient (Wildman–Crippen LogP) is 7.88. The summed E-state index contributed by atoms with van der Waals surface area (Å²) in [6, 6.07) is 19.5. The van der Waals surface area contributed by atoms with E-state index in [1.54, 1.807) is 18.2 Å². The second-order valence-electron chi connectivity index (χ2n) is 8.72. The molecule has 0 saturated carbocycles. The molecule has 1 fully saturated rings. The van der Waals surface area contributed by atoms with Crippen LogP contribution in [0.2, 0.25) is 5.02 Å². The number of carbonyl (C=O) groups is 1. The molecule has 0 amide bonds. The molecule has 182 valence electrons. The van der Waals surface area contributed by atoms with Gasteiger partial charge in [0.05, 0.1) is 16.7 Å². The van der Waals surface area contributed by atoms with E-state index < -0.39 is 24.8 Å². The maximum Gasteiger partial charge on any atom is 0.341 e. The van der Waals surface area contributed by atoms with Crippen molar-refractivity contribution in [3.05, 3.63) is 111 Å². The summed E-state index contributed by atoms with van der Waals surface area (Å²) in [5.74, 6) is -1.12. The van der Waals surface area contributed by atoms with Gasteiger partial charge in [-0.3, -0.25) is 0 Å². The smallest absolute Gasteiger partial charge is 0.341 e. The Morgan fingerprint density at radius 2 is 1.86 bits per heavy atom. The van der Waals surface area contributed by atoms with Crippen molar-refractivity contribution in [3.63, 3.8) is 0 Å². The Labute approximate surface area is 217 Å². The minimum Gasteiger partial charge on any atom is -0.480 e. The molecule has 3 aromatic carbocycles. The summed E-state index contributed by atoms with van der Waals surface area (Å²) >= 11 is 9.82. The Morgan fingerprint density at radius 1 is 1.14 bits per heavy atom. The molecule has 0 aliphatic carbocycles. The van der Waals surface area contributed by atoms with Gasteiger partial charge in [0.1, 0.15) is 11.6 Å². The van der Waals surface area contributed by atoms with Crippen molar-refractivity contribution in [2.45, 2.75) is 31.5 Å². The van der Waals surface area contributed by atoms with Gasteiger partial charge in [0.25, 0.3) is 0 Å². The number of para-hydroxylation sites is 1. The molecular formula is C28H25BrClFO4. The number of halogens is 3. The van der Waals surface area contributed by atoms with Gasteiger partial charge in [-0.25, -0.2) is 9.18 Å². The van der Waals surface area contributed by atoms with Crippen LogP contribution in [-0.2, 0) is 9.53 Å². The van der Waals surface area contributed by atoms with Crippen LogP contribution in [-0.4, -0.2) is 17.7 Å². The highest BCUT2D eigenvalue weighted by Crippen LogP contribution is 2.53. The molecule has 1 aliphatic rings. The number of hydrogen-bond acceptors (Lipinski definition) is 3. The van der Waals surface area contributed by atoms with Gasteiger partial charge < -0.3 is 14.6 Å². The van der Waals surface area contributed by atoms with Crippen LogP contribution < -0.4 is 4.74 Å². The summed E-state index contributed by atoms with van der Waals surface area (Å²) in [7, 11) is 0. The van der Waals surface area contributed by atoms with Gasteiger partial charge in [-0.05, 0) is 70.7 Å². The van der Waals surface area contributed by atoms with Crippen LogP contribution in [0.15, 0.2) is 83.4 Å². The van der Waals surface area contributed by atoms with Gasteiger partial charge in [-0.15, -0.1) is 0 Å². The van der Waals surface area contributed by atoms with Crippen LogP contribution in [0.4, 0.5) is 4.39 Å². The topological polar surface area (TPSA) is 55.8 Å². The molecule has 3 aromatic rings. The summed E-state index contributed by atoms with van der Waals surface area (Å²) < 4.78 is 26.9. The molecule has 0 bridgehead atoms. The lowest BCUT2D eigenvalue weighted by molar-refractivity contribution is -0.139. The monoisotopic (exact) mass is 558 g/mol. The average molecular weight is 560 g/mol. The number of benzene rings is 3. The summed E-state index contributed by atoms with van der Waals surface area (Å²) in [4.78, 5) is 11.2. The molecule has 4 nitrogen and oxygen atoms in total. The number of carboxylic acid groups (broad SMARTS) is 1. The quantitative estimate of drug-likeness (QED) is 0.299. The fraction of sp³-hybridized carbons (Fsp3) is 0.250. The highest BCUT2D eigenvalue weighted by molar-refractivity contribution is 9.10. The first-order chi connectivity index (χ1) is 16.7. The molecule has 1 aliphatic heterocycles. The zero-order valence-corrected chi connectivity index (χ0v) is 21.4. The number of carboxylic acids is 1. The molecule has 7 heteroatoms. The van der Waals surface area contributed by atoms with E-state index in [4.69, 9.17) is 21.1 Å². The van der Waals surface area contributed by atoms with Gasteiger partial charge in [0.15, 0.2) is 6.61 Å². The summed E-state index contributed by atoms with van der Waals surface area (Å²) in [5.41, 5.74) is 3.52. The first-order valence-electron chi connectivity index (χ1n) is 11.2. The molecule has 4 rings (SSSR count). The van der Waals surface area contributed by atoms with Gasteiger partial charge >= 0.3 is 5.97 Å². The SMILES string of the molecule is C=C(C)[C@H]1C[C@H](c2cccc(Cl)c2)[C@H](c2ccc(F)cc2)O[C@@H]1c1cccc(Br)c1OCC(=O)O. The third-order valence-electron chi connectivity index (χ3n) is 6.28. The third kappa shape index (κ3) is 5.77. The largest absolute Gasteiger partial charge is 0.480 e. The van der Waals surface area contributed by atoms with Crippen LogP contribution >= 0.6 is 27.5 Å². The van der Waals surface area contributed by atoms with E-state index in [9.17, 15) is 14.3 Å². The van der Waals surface area contributed by atoms with Crippen LogP contribution in [0.3, 0.4) is 0 Å². The Morgan fingerprint density at radius 3 is 2.51 bits per heavy atom. The van der Waals surface area contributed by atoms with E-state index in [-0.39, 0.29) is 17.7 Å². The zero-order valence-electron chi connectivity index (χ0n) is 19.1. The molecule has 0 radical (unpaired) electrons. The lowest BCUT2D eigenvalue weighted by atomic mass is 9.74. The second kappa shape index (κ2) is 10.9. The van der Waals surface area contributed by atoms with Crippen molar-refractivity contribution in [1.82, 2.24) is 0 Å². The fourth-order valence-electron chi connectivity index (χ4n) is 4.67. The zero-order chi connectivity index (χ0) is 25.1. The molecule has 35 heavy (non-hydrogen) atoms. The predicted molar refractivity (Wildman–Crippen MR) is 137 cm³/mol. The van der Waals surface area contributed by atoms with E-state index >= 15 is 0 Å². The number of aliphatic carboxylic acids is 1. The summed E-state index contributed by atoms with van der Waals surface area (Å²) in [6.07, 6.45) is -0.159. The Hall–Kier alpha value is -2.67. The van der Waals surface area contributed by atoms with E-state index in [1.807, 2.05) is 43.3 Å². The Bertz CT molecular complexity index is 1230. The molecule has 1 N–H and O–H groups in total. The standard InChI is InChI=1S/C28H25BrClFO4/c1-16(2)22-14-23(18-5-3-6-19(30)13-18)26(17-9-11-20(31)12-10-17)35-27(22)21-7-4-8-24(29)28(21)34-15-25(32)33/h3-13,22-23,26-27H,1,14-15H2,2H3,(H,32,33)/t22-,23-,26+,27-/m1/s1. The van der Waals surface area contributed by atoms with Gasteiger partial charge in [-0.2, -0.15) is 0 Å². The highest BCUT2D eigenvalue weighted by Gasteiger charge is 2.42. The number of ether oxygens (including phenoxy) is 2. The molecule has 0 spiro atoms. The highest BCUT2D eigenvalue weighted by atomic mass is 79.9. The van der Waals surface area contributed by atoms with Gasteiger partial charge in [0, 0.05) is 22.4 Å². The van der Waals surface area contributed by atoms with Crippen molar-refractivity contribution in [1.29, 1.82) is 0 Å². The van der Waals surface area contributed by atoms with Crippen molar-refractivity contribution in [3.8, 4) is 5.75 Å². The Kier molecular flexibility index (Phi) is 7.95. The Balaban J connectivity index is 1.81. The number of rotatable bonds is 7. The normalized spacial score (nSPS) is 21.9. The molecule has 1 heterocycles. The molecular weight excluding hydrogens is 535 g/mol. The summed E-state index contributed by atoms with van der Waals surface area (Å²) in [6.45, 7) is 5.72. The van der Waals surface area contributed by atoms with E-state index in [2.05, 4.69) is 22.5 Å². The van der Waals surface area contributed by atoms with Crippen LogP contribution in [0, 0.1) is 11.7 Å². The van der Waals surface area contributed by atoms with Crippen molar-refractivity contribution in [2.24, 2.45) is 5.92 Å². The van der Waals surface area contributed by atoms with Crippen LogP contribution in [0.1, 0.15) is 48.2 Å². The molecule has 0 aromatic heterocycles. The van der Waals surface area contributed by atoms with Crippen molar-refractivity contribution >= 4 is 33.5 Å². The lowest BCUT2D eigenvalue weighted by Crippen LogP contribution is -2.32. The maximum atomic E-state index is 13.7. The number of hydrogen-bond donors (Lipinski definition) is 1. The third-order valence-corrected chi connectivity index (χ3v) is 7.14. The first kappa shape index (κ1) is 25.4. The van der Waals surface area contributed by atoms with E-state index in [1.165, 1.54) is 12.1 Å². The minimum absolute atomic E-state index is 0.0624. The molecule has 1 saturated heterocycles. The van der Waals surface area contributed by atoms with Crippen molar-refractivity contribution in [2.75, 3.05) is 6.61 Å². The van der Waals surface area contributed by atoms with Gasteiger partial charge in [-0.1, -0.05) is 60.2 Å². The molecule has 4 atom stereocenters. The van der Waals surface area contributed by atoms with E-state index in [0.717, 1.165) is 22.3 Å². The van der Waals surface area contributed by atoms with Crippen LogP contribution in [0.25, 0.3) is 0 Å². The summed E-state index contributed by atoms with van der Waals surface area (Å²) in [5, 5.41) is 9.81. The van der Waals surface area contributed by atoms with Gasteiger partial charge in [0.2, 0.25) is 0 Å². The van der Waals surface area contributed by atoms with Crippen LogP contribution in [0.5, 0.6) is 5.75 Å². The lowest BCUT2D eigenvalue weighted by Gasteiger charge is -2.43. The van der Waals surface area contributed by atoms with E-state index in [0.29, 0.717) is 21.7 Å². The second-order valence-corrected chi connectivity index (χ2v) is 10.0. The fourth-order valence-corrected chi connectivity index (χ4v) is 5.36. The minimum atomic E-state index is -1.07. The first-order valence-corrected chi connectivity index (χ1v) is 12.4. The van der Waals surface area contributed by atoms with Crippen molar-refractivity contribution < 1.29 is 23.8 Å². The maximum absolute atomic E-state index is 13.7.